The number of urea groups is 1. The lowest BCUT2D eigenvalue weighted by Gasteiger charge is -2.26. The van der Waals surface area contributed by atoms with Crippen LogP contribution in [0.4, 0.5) is 14.9 Å². The first kappa shape index (κ1) is 25.5. The number of barbiturate groups is 1. The van der Waals surface area contributed by atoms with Gasteiger partial charge in [-0.25, -0.2) is 14.1 Å². The quantitative estimate of drug-likeness (QED) is 0.227. The van der Waals surface area contributed by atoms with Crippen LogP contribution < -0.4 is 29.2 Å². The Morgan fingerprint density at radius 1 is 1.03 bits per heavy atom. The minimum Gasteiger partial charge on any atom is -0.490 e. The molecule has 4 amide bonds. The third-order valence-electron chi connectivity index (χ3n) is 5.66. The summed E-state index contributed by atoms with van der Waals surface area (Å²) in [5.74, 6) is -0.196. The molecule has 0 unspecified atom stereocenters. The Labute approximate surface area is 230 Å². The van der Waals surface area contributed by atoms with Gasteiger partial charge in [0.05, 0.1) is 15.9 Å². The Kier molecular flexibility index (Phi) is 7.18. The monoisotopic (exact) mass is 630 g/mol. The van der Waals surface area contributed by atoms with Gasteiger partial charge in [0.25, 0.3) is 11.8 Å². The number of hydrogen-bond donors (Lipinski definition) is 1. The summed E-state index contributed by atoms with van der Waals surface area (Å²) < 4.78 is 36.2. The van der Waals surface area contributed by atoms with Crippen LogP contribution in [-0.4, -0.2) is 31.2 Å². The summed E-state index contributed by atoms with van der Waals surface area (Å²) in [6, 6.07) is 13.1. The van der Waals surface area contributed by atoms with Gasteiger partial charge in [-0.15, -0.1) is 0 Å². The summed E-state index contributed by atoms with van der Waals surface area (Å²) in [6.07, 6.45) is 1.39. The van der Waals surface area contributed by atoms with Crippen LogP contribution in [0.15, 0.2) is 60.2 Å². The van der Waals surface area contributed by atoms with Crippen molar-refractivity contribution in [2.45, 2.75) is 13.5 Å². The van der Waals surface area contributed by atoms with Crippen molar-refractivity contribution in [3.8, 4) is 23.0 Å². The average molecular weight is 630 g/mol. The van der Waals surface area contributed by atoms with E-state index in [-0.39, 0.29) is 30.5 Å². The molecule has 1 N–H and O–H groups in total. The van der Waals surface area contributed by atoms with Gasteiger partial charge in [0, 0.05) is 6.07 Å². The van der Waals surface area contributed by atoms with Gasteiger partial charge in [-0.05, 0) is 83.1 Å². The molecule has 11 heteroatoms. The molecule has 0 aromatic heterocycles. The SMILES string of the molecule is CCOc1cc(/C=C2\C(=O)NC(=O)N(c3ccc4c(c3)OCO4)C2=O)cc(I)c1OCc1ccc(F)cc1. The standard InChI is InChI=1S/C27H20FIN2O7/c1-2-35-23-11-16(10-20(29)24(23)36-13-15-3-5-17(28)6-4-15)9-19-25(32)30-27(34)31(26(19)33)18-7-8-21-22(12-18)38-14-37-21/h3-12H,2,13-14H2,1H3,(H,30,32,34)/b19-9+. The van der Waals surface area contributed by atoms with Crippen LogP contribution in [0.3, 0.4) is 0 Å². The van der Waals surface area contributed by atoms with Gasteiger partial charge in [-0.1, -0.05) is 12.1 Å². The van der Waals surface area contributed by atoms with Crippen molar-refractivity contribution in [2.24, 2.45) is 0 Å². The van der Waals surface area contributed by atoms with E-state index in [0.29, 0.717) is 38.7 Å². The zero-order valence-corrected chi connectivity index (χ0v) is 22.1. The number of rotatable bonds is 7. The van der Waals surface area contributed by atoms with E-state index in [1.807, 2.05) is 6.92 Å². The molecule has 0 atom stereocenters. The van der Waals surface area contributed by atoms with Crippen molar-refractivity contribution in [1.82, 2.24) is 5.32 Å². The van der Waals surface area contributed by atoms with E-state index in [1.54, 1.807) is 30.3 Å². The van der Waals surface area contributed by atoms with Crippen molar-refractivity contribution in [1.29, 1.82) is 0 Å². The second kappa shape index (κ2) is 10.7. The van der Waals surface area contributed by atoms with Gasteiger partial charge >= 0.3 is 6.03 Å². The van der Waals surface area contributed by atoms with Crippen molar-refractivity contribution in [3.05, 3.63) is 80.7 Å². The first-order valence-electron chi connectivity index (χ1n) is 11.5. The number of nitrogens with one attached hydrogen (secondary N) is 1. The van der Waals surface area contributed by atoms with Gasteiger partial charge < -0.3 is 18.9 Å². The number of anilines is 1. The molecular weight excluding hydrogens is 610 g/mol. The molecule has 0 aliphatic carbocycles. The zero-order valence-electron chi connectivity index (χ0n) is 20.0. The molecule has 0 saturated carbocycles. The second-order valence-electron chi connectivity index (χ2n) is 8.17. The summed E-state index contributed by atoms with van der Waals surface area (Å²) in [5, 5.41) is 2.21. The van der Waals surface area contributed by atoms with E-state index < -0.39 is 17.8 Å². The zero-order chi connectivity index (χ0) is 26.8. The fourth-order valence-corrected chi connectivity index (χ4v) is 4.67. The average Bonchev–Trinajstić information content (AvgIpc) is 3.35. The maximum atomic E-state index is 13.3. The first-order valence-corrected chi connectivity index (χ1v) is 12.6. The number of carbonyl (C=O) groups is 3. The van der Waals surface area contributed by atoms with Crippen LogP contribution in [0, 0.1) is 9.39 Å². The lowest BCUT2D eigenvalue weighted by Crippen LogP contribution is -2.54. The summed E-state index contributed by atoms with van der Waals surface area (Å²) in [5.41, 5.74) is 1.25. The van der Waals surface area contributed by atoms with Gasteiger partial charge in [-0.2, -0.15) is 0 Å². The molecule has 5 rings (SSSR count). The number of fused-ring (bicyclic) bond motifs is 1. The molecule has 2 aliphatic heterocycles. The summed E-state index contributed by atoms with van der Waals surface area (Å²) in [4.78, 5) is 39.4. The molecule has 2 heterocycles. The third-order valence-corrected chi connectivity index (χ3v) is 6.46. The van der Waals surface area contributed by atoms with Crippen LogP contribution >= 0.6 is 22.6 Å². The molecule has 3 aromatic rings. The van der Waals surface area contributed by atoms with E-state index in [4.69, 9.17) is 18.9 Å². The molecule has 38 heavy (non-hydrogen) atoms. The lowest BCUT2D eigenvalue weighted by molar-refractivity contribution is -0.122. The fraction of sp³-hybridized carbons (Fsp3) is 0.148. The van der Waals surface area contributed by atoms with E-state index in [0.717, 1.165) is 10.5 Å². The highest BCUT2D eigenvalue weighted by Gasteiger charge is 2.37. The van der Waals surface area contributed by atoms with Crippen molar-refractivity contribution >= 4 is 52.2 Å². The number of hydrogen-bond acceptors (Lipinski definition) is 7. The Bertz CT molecular complexity index is 1470. The largest absolute Gasteiger partial charge is 0.490 e. The molecule has 1 fully saturated rings. The molecule has 0 radical (unpaired) electrons. The van der Waals surface area contributed by atoms with Gasteiger partial charge in [0.15, 0.2) is 23.0 Å². The molecule has 0 bridgehead atoms. The van der Waals surface area contributed by atoms with E-state index in [2.05, 4.69) is 27.9 Å². The number of amides is 4. The smallest absolute Gasteiger partial charge is 0.335 e. The third kappa shape index (κ3) is 5.14. The molecule has 194 valence electrons. The lowest BCUT2D eigenvalue weighted by atomic mass is 10.1. The minimum absolute atomic E-state index is 0.0347. The Balaban J connectivity index is 1.44. The fourth-order valence-electron chi connectivity index (χ4n) is 3.89. The Morgan fingerprint density at radius 2 is 1.79 bits per heavy atom. The number of carbonyl (C=O) groups excluding carboxylic acids is 3. The van der Waals surface area contributed by atoms with Gasteiger partial charge in [0.2, 0.25) is 6.79 Å². The molecular formula is C27H20FIN2O7. The van der Waals surface area contributed by atoms with Crippen molar-refractivity contribution < 1.29 is 37.7 Å². The molecule has 3 aromatic carbocycles. The van der Waals surface area contributed by atoms with Crippen LogP contribution in [0.1, 0.15) is 18.1 Å². The Morgan fingerprint density at radius 3 is 2.55 bits per heavy atom. The molecule has 0 spiro atoms. The number of halogens is 2. The van der Waals surface area contributed by atoms with E-state index in [1.165, 1.54) is 30.3 Å². The van der Waals surface area contributed by atoms with Gasteiger partial charge in [0.1, 0.15) is 18.0 Å². The summed E-state index contributed by atoms with van der Waals surface area (Å²) in [7, 11) is 0. The molecule has 2 aliphatic rings. The Hall–Kier alpha value is -4.13. The predicted molar refractivity (Wildman–Crippen MR) is 143 cm³/mol. The number of imide groups is 2. The second-order valence-corrected chi connectivity index (χ2v) is 9.34. The number of ether oxygens (including phenoxy) is 4. The van der Waals surface area contributed by atoms with Crippen LogP contribution in [0.25, 0.3) is 6.08 Å². The number of nitrogens with zero attached hydrogens (tertiary/aromatic N) is 1. The maximum Gasteiger partial charge on any atom is 0.335 e. The van der Waals surface area contributed by atoms with Crippen LogP contribution in [-0.2, 0) is 16.2 Å². The summed E-state index contributed by atoms with van der Waals surface area (Å²) >= 11 is 2.07. The normalized spacial score (nSPS) is 15.6. The molecule has 9 nitrogen and oxygen atoms in total. The van der Waals surface area contributed by atoms with Crippen molar-refractivity contribution in [3.63, 3.8) is 0 Å². The highest BCUT2D eigenvalue weighted by Crippen LogP contribution is 2.38. The van der Waals surface area contributed by atoms with Crippen LogP contribution in [0.2, 0.25) is 0 Å². The first-order chi connectivity index (χ1) is 18.3. The molecule has 1 saturated heterocycles. The van der Waals surface area contributed by atoms with E-state index >= 15 is 0 Å². The number of benzene rings is 3. The minimum atomic E-state index is -0.870. The topological polar surface area (TPSA) is 103 Å². The predicted octanol–water partition coefficient (Wildman–Crippen LogP) is 4.80. The maximum absolute atomic E-state index is 13.3. The van der Waals surface area contributed by atoms with Gasteiger partial charge in [-0.3, -0.25) is 14.9 Å². The van der Waals surface area contributed by atoms with Crippen LogP contribution in [0.5, 0.6) is 23.0 Å². The highest BCUT2D eigenvalue weighted by atomic mass is 127. The van der Waals surface area contributed by atoms with Crippen molar-refractivity contribution in [2.75, 3.05) is 18.3 Å². The van der Waals surface area contributed by atoms with E-state index in [9.17, 15) is 18.8 Å². The highest BCUT2D eigenvalue weighted by molar-refractivity contribution is 14.1. The summed E-state index contributed by atoms with van der Waals surface area (Å²) in [6.45, 7) is 2.38.